The molecule has 1 aromatic heterocycles. The Kier molecular flexibility index (Phi) is 1.70. The standard InChI is InChI=1S/C9H12N2OS/c1-9(2)7-6-10-5-4-8(7)11(3)13(9)12/h4-6H,1-3H3. The molecule has 0 saturated carbocycles. The predicted molar refractivity (Wildman–Crippen MR) is 53.8 cm³/mol. The van der Waals surface area contributed by atoms with Crippen LogP contribution in [0.1, 0.15) is 19.4 Å². The van der Waals surface area contributed by atoms with Crippen molar-refractivity contribution >= 4 is 16.7 Å². The Morgan fingerprint density at radius 3 is 2.85 bits per heavy atom. The molecule has 0 fully saturated rings. The van der Waals surface area contributed by atoms with E-state index in [-0.39, 0.29) is 4.75 Å². The zero-order chi connectivity index (χ0) is 9.64. The Balaban J connectivity index is 2.68. The quantitative estimate of drug-likeness (QED) is 0.629. The molecule has 1 aliphatic heterocycles. The zero-order valence-electron chi connectivity index (χ0n) is 7.94. The van der Waals surface area contributed by atoms with Crippen molar-refractivity contribution in [3.8, 4) is 0 Å². The summed E-state index contributed by atoms with van der Waals surface area (Å²) in [6, 6.07) is 1.90. The maximum Gasteiger partial charge on any atom is 0.129 e. The third-order valence-corrected chi connectivity index (χ3v) is 4.26. The van der Waals surface area contributed by atoms with E-state index in [1.807, 2.05) is 27.0 Å². The summed E-state index contributed by atoms with van der Waals surface area (Å²) in [6.07, 6.45) is 3.53. The summed E-state index contributed by atoms with van der Waals surface area (Å²) in [4.78, 5) is 4.06. The number of aromatic nitrogens is 1. The smallest absolute Gasteiger partial charge is 0.129 e. The van der Waals surface area contributed by atoms with Gasteiger partial charge in [0.1, 0.15) is 11.0 Å². The monoisotopic (exact) mass is 196 g/mol. The Morgan fingerprint density at radius 1 is 1.54 bits per heavy atom. The van der Waals surface area contributed by atoms with E-state index in [0.717, 1.165) is 11.3 Å². The van der Waals surface area contributed by atoms with Gasteiger partial charge in [-0.1, -0.05) is 0 Å². The van der Waals surface area contributed by atoms with E-state index in [1.165, 1.54) is 0 Å². The van der Waals surface area contributed by atoms with Crippen molar-refractivity contribution in [3.63, 3.8) is 0 Å². The number of rotatable bonds is 0. The Bertz CT molecular complexity index is 376. The molecule has 70 valence electrons. The Morgan fingerprint density at radius 2 is 2.23 bits per heavy atom. The van der Waals surface area contributed by atoms with Crippen LogP contribution < -0.4 is 4.31 Å². The van der Waals surface area contributed by atoms with Crippen LogP contribution in [0.5, 0.6) is 0 Å². The van der Waals surface area contributed by atoms with Crippen molar-refractivity contribution < 1.29 is 4.21 Å². The predicted octanol–water partition coefficient (Wildman–Crippen LogP) is 1.43. The number of pyridine rings is 1. The molecule has 1 aromatic rings. The fourth-order valence-corrected chi connectivity index (χ4v) is 3.02. The minimum absolute atomic E-state index is 0.307. The van der Waals surface area contributed by atoms with Gasteiger partial charge in [0.25, 0.3) is 0 Å². The fourth-order valence-electron chi connectivity index (χ4n) is 1.65. The van der Waals surface area contributed by atoms with Gasteiger partial charge in [0.15, 0.2) is 0 Å². The van der Waals surface area contributed by atoms with Crippen LogP contribution in [0.3, 0.4) is 0 Å². The van der Waals surface area contributed by atoms with Gasteiger partial charge in [-0.2, -0.15) is 0 Å². The van der Waals surface area contributed by atoms with Crippen LogP contribution >= 0.6 is 0 Å². The summed E-state index contributed by atoms with van der Waals surface area (Å²) >= 11 is 0. The highest BCUT2D eigenvalue weighted by Gasteiger charge is 2.41. The maximum absolute atomic E-state index is 11.9. The van der Waals surface area contributed by atoms with E-state index in [0.29, 0.717) is 0 Å². The third kappa shape index (κ3) is 1.01. The fraction of sp³-hybridized carbons (Fsp3) is 0.444. The molecule has 13 heavy (non-hydrogen) atoms. The highest BCUT2D eigenvalue weighted by molar-refractivity contribution is 7.87. The van der Waals surface area contributed by atoms with Gasteiger partial charge in [0.2, 0.25) is 0 Å². The number of hydrogen-bond acceptors (Lipinski definition) is 2. The molecule has 0 N–H and O–H groups in total. The van der Waals surface area contributed by atoms with Crippen molar-refractivity contribution in [2.24, 2.45) is 0 Å². The van der Waals surface area contributed by atoms with E-state index < -0.39 is 11.0 Å². The van der Waals surface area contributed by atoms with E-state index in [1.54, 1.807) is 16.7 Å². The van der Waals surface area contributed by atoms with Crippen LogP contribution in [0.4, 0.5) is 5.69 Å². The second kappa shape index (κ2) is 2.54. The molecule has 1 aliphatic rings. The maximum atomic E-state index is 11.9. The van der Waals surface area contributed by atoms with Crippen molar-refractivity contribution in [3.05, 3.63) is 24.0 Å². The molecule has 1 atom stereocenters. The highest BCUT2D eigenvalue weighted by Crippen LogP contribution is 2.42. The van der Waals surface area contributed by atoms with Crippen LogP contribution in [-0.2, 0) is 15.7 Å². The van der Waals surface area contributed by atoms with Crippen LogP contribution in [0.25, 0.3) is 0 Å². The number of nitrogens with zero attached hydrogens (tertiary/aromatic N) is 2. The summed E-state index contributed by atoms with van der Waals surface area (Å²) in [6.45, 7) is 3.96. The Hall–Kier alpha value is -0.900. The van der Waals surface area contributed by atoms with Crippen molar-refractivity contribution in [1.82, 2.24) is 4.98 Å². The molecule has 0 radical (unpaired) electrons. The second-order valence-corrected chi connectivity index (χ2v) is 5.72. The first-order valence-corrected chi connectivity index (χ1v) is 5.26. The minimum Gasteiger partial charge on any atom is -0.294 e. The van der Waals surface area contributed by atoms with Crippen LogP contribution in [0.15, 0.2) is 18.5 Å². The van der Waals surface area contributed by atoms with Crippen LogP contribution in [0, 0.1) is 0 Å². The average molecular weight is 196 g/mol. The van der Waals surface area contributed by atoms with Gasteiger partial charge < -0.3 is 0 Å². The lowest BCUT2D eigenvalue weighted by Gasteiger charge is -2.17. The van der Waals surface area contributed by atoms with E-state index in [2.05, 4.69) is 4.98 Å². The molecule has 0 aromatic carbocycles. The van der Waals surface area contributed by atoms with Gasteiger partial charge in [-0.3, -0.25) is 9.29 Å². The average Bonchev–Trinajstić information content (AvgIpc) is 2.30. The van der Waals surface area contributed by atoms with Gasteiger partial charge in [-0.25, -0.2) is 4.21 Å². The molecular weight excluding hydrogens is 184 g/mol. The molecule has 0 bridgehead atoms. The van der Waals surface area contributed by atoms with Gasteiger partial charge >= 0.3 is 0 Å². The topological polar surface area (TPSA) is 33.2 Å². The normalized spacial score (nSPS) is 24.5. The van der Waals surface area contributed by atoms with Gasteiger partial charge in [-0.05, 0) is 19.9 Å². The van der Waals surface area contributed by atoms with Crippen LogP contribution in [0.2, 0.25) is 0 Å². The Labute approximate surface area is 80.4 Å². The molecule has 2 rings (SSSR count). The SMILES string of the molecule is CN1c2ccncc2C(C)(C)S1=O. The first-order valence-electron chi connectivity index (χ1n) is 4.15. The number of anilines is 1. The summed E-state index contributed by atoms with van der Waals surface area (Å²) in [5.41, 5.74) is 2.09. The van der Waals surface area contributed by atoms with E-state index in [4.69, 9.17) is 0 Å². The summed E-state index contributed by atoms with van der Waals surface area (Å²) in [5.74, 6) is 0. The number of hydrogen-bond donors (Lipinski definition) is 0. The first-order chi connectivity index (χ1) is 6.05. The van der Waals surface area contributed by atoms with Crippen LogP contribution in [-0.4, -0.2) is 16.2 Å². The lowest BCUT2D eigenvalue weighted by Crippen LogP contribution is -2.26. The molecule has 3 nitrogen and oxygen atoms in total. The lowest BCUT2D eigenvalue weighted by molar-refractivity contribution is 0.650. The molecule has 0 aliphatic carbocycles. The molecule has 1 unspecified atom stereocenters. The van der Waals surface area contributed by atoms with Crippen molar-refractivity contribution in [2.45, 2.75) is 18.6 Å². The van der Waals surface area contributed by atoms with Gasteiger partial charge in [0.05, 0.1) is 10.4 Å². The largest absolute Gasteiger partial charge is 0.294 e. The van der Waals surface area contributed by atoms with Gasteiger partial charge in [-0.15, -0.1) is 0 Å². The van der Waals surface area contributed by atoms with Gasteiger partial charge in [0, 0.05) is 25.0 Å². The minimum atomic E-state index is -0.981. The second-order valence-electron chi connectivity index (χ2n) is 3.65. The van der Waals surface area contributed by atoms with E-state index in [9.17, 15) is 4.21 Å². The molecule has 2 heterocycles. The highest BCUT2D eigenvalue weighted by atomic mass is 32.2. The molecular formula is C9H12N2OS. The molecule has 0 amide bonds. The molecule has 0 saturated heterocycles. The molecule has 4 heteroatoms. The number of fused-ring (bicyclic) bond motifs is 1. The third-order valence-electron chi connectivity index (χ3n) is 2.47. The van der Waals surface area contributed by atoms with E-state index >= 15 is 0 Å². The zero-order valence-corrected chi connectivity index (χ0v) is 8.76. The summed E-state index contributed by atoms with van der Waals surface area (Å²) in [5, 5.41) is 0. The van der Waals surface area contributed by atoms with Crippen molar-refractivity contribution in [2.75, 3.05) is 11.4 Å². The molecule has 0 spiro atoms. The summed E-state index contributed by atoms with van der Waals surface area (Å²) < 4.78 is 13.4. The first kappa shape index (κ1) is 8.69. The van der Waals surface area contributed by atoms with Crippen molar-refractivity contribution in [1.29, 1.82) is 0 Å². The summed E-state index contributed by atoms with van der Waals surface area (Å²) in [7, 11) is 0.870. The lowest BCUT2D eigenvalue weighted by atomic mass is 10.0.